The fraction of sp³-hybridized carbons (Fsp3) is 0.667. The molecule has 0 amide bonds. The summed E-state index contributed by atoms with van der Waals surface area (Å²) in [5.41, 5.74) is 0.611. The molecule has 0 atom stereocenters. The molecule has 0 saturated carbocycles. The molecule has 2 heterocycles. The summed E-state index contributed by atoms with van der Waals surface area (Å²) in [5, 5.41) is 0.104. The summed E-state index contributed by atoms with van der Waals surface area (Å²) in [6.07, 6.45) is 1.37. The van der Waals surface area contributed by atoms with Crippen molar-refractivity contribution in [1.29, 1.82) is 0 Å². The van der Waals surface area contributed by atoms with Crippen LogP contribution in [-0.2, 0) is 16.3 Å². The number of aromatic nitrogens is 1. The first-order chi connectivity index (χ1) is 6.50. The van der Waals surface area contributed by atoms with Gasteiger partial charge in [0.25, 0.3) is 0 Å². The van der Waals surface area contributed by atoms with E-state index in [0.29, 0.717) is 24.4 Å². The van der Waals surface area contributed by atoms with E-state index in [4.69, 9.17) is 4.42 Å². The molecular formula is C9H13NO3S. The number of oxazole rings is 1. The molecule has 1 aliphatic rings. The molecule has 0 unspecified atom stereocenters. The van der Waals surface area contributed by atoms with E-state index >= 15 is 0 Å². The van der Waals surface area contributed by atoms with Gasteiger partial charge in [-0.05, 0) is 12.8 Å². The topological polar surface area (TPSA) is 60.2 Å². The molecule has 78 valence electrons. The van der Waals surface area contributed by atoms with Crippen molar-refractivity contribution in [2.45, 2.75) is 37.7 Å². The second-order valence-electron chi connectivity index (χ2n) is 3.86. The molecule has 0 N–H and O–H groups in total. The van der Waals surface area contributed by atoms with Gasteiger partial charge in [-0.15, -0.1) is 0 Å². The number of hydrogen-bond acceptors (Lipinski definition) is 4. The fourth-order valence-electron chi connectivity index (χ4n) is 1.53. The second kappa shape index (κ2) is 3.08. The first kappa shape index (κ1) is 9.71. The van der Waals surface area contributed by atoms with Crippen LogP contribution in [0.25, 0.3) is 0 Å². The van der Waals surface area contributed by atoms with Gasteiger partial charge >= 0.3 is 0 Å². The van der Waals surface area contributed by atoms with Crippen molar-refractivity contribution in [3.05, 3.63) is 11.6 Å². The average Bonchev–Trinajstić information content (AvgIpc) is 2.48. The van der Waals surface area contributed by atoms with Crippen LogP contribution in [0.4, 0.5) is 0 Å². The van der Waals surface area contributed by atoms with Gasteiger partial charge in [0, 0.05) is 5.92 Å². The number of fused-ring (bicyclic) bond motifs is 1. The third kappa shape index (κ3) is 1.45. The zero-order valence-electron chi connectivity index (χ0n) is 8.28. The molecule has 0 saturated heterocycles. The summed E-state index contributed by atoms with van der Waals surface area (Å²) in [4.78, 5) is 4.20. The fourth-order valence-corrected chi connectivity index (χ4v) is 2.95. The van der Waals surface area contributed by atoms with Crippen LogP contribution in [0.5, 0.6) is 0 Å². The van der Waals surface area contributed by atoms with E-state index < -0.39 is 9.84 Å². The lowest BCUT2D eigenvalue weighted by atomic mass is 10.2. The van der Waals surface area contributed by atoms with Crippen molar-refractivity contribution in [3.63, 3.8) is 0 Å². The maximum atomic E-state index is 11.6. The van der Waals surface area contributed by atoms with Crippen molar-refractivity contribution in [1.82, 2.24) is 4.98 Å². The molecule has 0 bridgehead atoms. The standard InChI is InChI=1S/C9H13NO3S/c1-6(2)8-10-7-4-3-5-14(11,12)9(7)13-8/h6H,3-5H2,1-2H3. The molecule has 1 aromatic heterocycles. The molecular weight excluding hydrogens is 202 g/mol. The lowest BCUT2D eigenvalue weighted by molar-refractivity contribution is 0.388. The molecule has 4 nitrogen and oxygen atoms in total. The Morgan fingerprint density at radius 1 is 1.43 bits per heavy atom. The minimum absolute atomic E-state index is 0.104. The predicted molar refractivity (Wildman–Crippen MR) is 51.0 cm³/mol. The molecule has 1 aromatic rings. The van der Waals surface area contributed by atoms with Crippen molar-refractivity contribution in [3.8, 4) is 0 Å². The Balaban J connectivity index is 2.55. The highest BCUT2D eigenvalue weighted by atomic mass is 32.2. The summed E-state index contributed by atoms with van der Waals surface area (Å²) in [7, 11) is -3.18. The minimum Gasteiger partial charge on any atom is -0.429 e. The summed E-state index contributed by atoms with van der Waals surface area (Å²) in [6.45, 7) is 3.87. The Morgan fingerprint density at radius 2 is 2.14 bits per heavy atom. The van der Waals surface area contributed by atoms with E-state index in [1.807, 2.05) is 13.8 Å². The first-order valence-corrected chi connectivity index (χ1v) is 6.38. The normalized spacial score (nSPS) is 19.6. The molecule has 0 aliphatic carbocycles. The van der Waals surface area contributed by atoms with Crippen LogP contribution in [-0.4, -0.2) is 19.2 Å². The van der Waals surface area contributed by atoms with Crippen molar-refractivity contribution in [2.75, 3.05) is 5.75 Å². The number of sulfone groups is 1. The maximum absolute atomic E-state index is 11.6. The summed E-state index contributed by atoms with van der Waals surface area (Å²) in [6, 6.07) is 0. The van der Waals surface area contributed by atoms with Crippen molar-refractivity contribution >= 4 is 9.84 Å². The van der Waals surface area contributed by atoms with Crippen LogP contribution in [0.1, 0.15) is 37.8 Å². The summed E-state index contributed by atoms with van der Waals surface area (Å²) >= 11 is 0. The zero-order chi connectivity index (χ0) is 10.3. The third-order valence-electron chi connectivity index (χ3n) is 2.28. The molecule has 0 aromatic carbocycles. The number of nitrogens with zero attached hydrogens (tertiary/aromatic N) is 1. The first-order valence-electron chi connectivity index (χ1n) is 4.73. The van der Waals surface area contributed by atoms with E-state index in [2.05, 4.69) is 4.98 Å². The summed E-state index contributed by atoms with van der Waals surface area (Å²) in [5.74, 6) is 0.850. The monoisotopic (exact) mass is 215 g/mol. The Morgan fingerprint density at radius 3 is 2.71 bits per heavy atom. The molecule has 2 rings (SSSR count). The van der Waals surface area contributed by atoms with Gasteiger partial charge in [0.2, 0.25) is 14.9 Å². The van der Waals surface area contributed by atoms with Gasteiger partial charge in [-0.25, -0.2) is 13.4 Å². The molecule has 14 heavy (non-hydrogen) atoms. The van der Waals surface area contributed by atoms with Crippen LogP contribution in [0, 0.1) is 0 Å². The van der Waals surface area contributed by atoms with E-state index in [0.717, 1.165) is 0 Å². The maximum Gasteiger partial charge on any atom is 0.241 e. The largest absolute Gasteiger partial charge is 0.429 e. The number of hydrogen-bond donors (Lipinski definition) is 0. The quantitative estimate of drug-likeness (QED) is 0.712. The molecule has 0 fully saturated rings. The smallest absolute Gasteiger partial charge is 0.241 e. The highest BCUT2D eigenvalue weighted by Crippen LogP contribution is 2.28. The molecule has 5 heteroatoms. The van der Waals surface area contributed by atoms with Gasteiger partial charge in [-0.3, -0.25) is 0 Å². The highest BCUT2D eigenvalue weighted by molar-refractivity contribution is 7.91. The molecule has 0 spiro atoms. The van der Waals surface area contributed by atoms with Crippen LogP contribution >= 0.6 is 0 Å². The Bertz CT molecular complexity index is 445. The van der Waals surface area contributed by atoms with Crippen LogP contribution in [0.3, 0.4) is 0 Å². The van der Waals surface area contributed by atoms with E-state index in [1.54, 1.807) is 0 Å². The van der Waals surface area contributed by atoms with Crippen molar-refractivity contribution in [2.24, 2.45) is 0 Å². The van der Waals surface area contributed by atoms with Crippen LogP contribution in [0.2, 0.25) is 0 Å². The zero-order valence-corrected chi connectivity index (χ0v) is 9.10. The predicted octanol–water partition coefficient (Wildman–Crippen LogP) is 1.52. The SMILES string of the molecule is CC(C)c1nc2c(o1)S(=O)(=O)CCC2. The second-order valence-corrected chi connectivity index (χ2v) is 5.87. The molecule has 0 radical (unpaired) electrons. The van der Waals surface area contributed by atoms with Gasteiger partial charge in [0.05, 0.1) is 11.4 Å². The van der Waals surface area contributed by atoms with E-state index in [-0.39, 0.29) is 16.8 Å². The number of aryl methyl sites for hydroxylation is 1. The molecule has 1 aliphatic heterocycles. The van der Waals surface area contributed by atoms with Crippen LogP contribution in [0.15, 0.2) is 9.51 Å². The van der Waals surface area contributed by atoms with Crippen LogP contribution < -0.4 is 0 Å². The Hall–Kier alpha value is -0.840. The number of rotatable bonds is 1. The third-order valence-corrected chi connectivity index (χ3v) is 3.99. The lowest BCUT2D eigenvalue weighted by Gasteiger charge is -2.07. The van der Waals surface area contributed by atoms with Gasteiger partial charge in [-0.1, -0.05) is 13.8 Å². The average molecular weight is 215 g/mol. The van der Waals surface area contributed by atoms with Crippen molar-refractivity contribution < 1.29 is 12.8 Å². The Kier molecular flexibility index (Phi) is 2.14. The summed E-state index contributed by atoms with van der Waals surface area (Å²) < 4.78 is 28.4. The van der Waals surface area contributed by atoms with Gasteiger partial charge in [0.1, 0.15) is 0 Å². The van der Waals surface area contributed by atoms with E-state index in [1.165, 1.54) is 0 Å². The van der Waals surface area contributed by atoms with E-state index in [9.17, 15) is 8.42 Å². The van der Waals surface area contributed by atoms with Gasteiger partial charge < -0.3 is 4.42 Å². The minimum atomic E-state index is -3.18. The van der Waals surface area contributed by atoms with Gasteiger partial charge in [-0.2, -0.15) is 0 Å². The lowest BCUT2D eigenvalue weighted by Crippen LogP contribution is -2.14. The van der Waals surface area contributed by atoms with Gasteiger partial charge in [0.15, 0.2) is 5.89 Å². The highest BCUT2D eigenvalue weighted by Gasteiger charge is 2.30. The Labute approximate surface area is 83.3 Å².